The molecule has 3 aliphatic heterocycles. The van der Waals surface area contributed by atoms with Crippen molar-refractivity contribution in [1.82, 2.24) is 30.1 Å². The van der Waals surface area contributed by atoms with Crippen molar-refractivity contribution >= 4 is 35.0 Å². The molecule has 3 aliphatic rings. The van der Waals surface area contributed by atoms with Gasteiger partial charge >= 0.3 is 0 Å². The first kappa shape index (κ1) is 20.7. The molecule has 172 valence electrons. The van der Waals surface area contributed by atoms with Gasteiger partial charge in [-0.25, -0.2) is 4.68 Å². The van der Waals surface area contributed by atoms with Gasteiger partial charge in [-0.15, -0.1) is 16.4 Å². The number of hydrogen-bond donors (Lipinski definition) is 1. The average molecular weight is 477 g/mol. The third-order valence-corrected chi connectivity index (χ3v) is 7.55. The fourth-order valence-electron chi connectivity index (χ4n) is 4.74. The standard InChI is InChI=1S/C23H20N6O4S/c30-20-4-3-18(21(31)24-20)28-10-14-1-2-15(9-16(14)22(28)32)29-11-17(25-26-29)23(33)27-7-5-13-6-8-34-19(13)12-27/h1-2,6,8-9,11,18H,3-5,7,10,12H2,(H,24,30,31). The van der Waals surface area contributed by atoms with Gasteiger partial charge in [-0.1, -0.05) is 11.3 Å². The van der Waals surface area contributed by atoms with E-state index in [1.54, 1.807) is 28.5 Å². The zero-order valence-electron chi connectivity index (χ0n) is 18.1. The zero-order chi connectivity index (χ0) is 23.4. The quantitative estimate of drug-likeness (QED) is 0.570. The lowest BCUT2D eigenvalue weighted by Gasteiger charge is -2.29. The summed E-state index contributed by atoms with van der Waals surface area (Å²) in [6, 6.07) is 6.77. The smallest absolute Gasteiger partial charge is 0.276 e. The predicted molar refractivity (Wildman–Crippen MR) is 120 cm³/mol. The van der Waals surface area contributed by atoms with Crippen LogP contribution in [0.2, 0.25) is 0 Å². The molecule has 1 N–H and O–H groups in total. The molecule has 11 heteroatoms. The molecule has 10 nitrogen and oxygen atoms in total. The number of nitrogens with one attached hydrogen (secondary N) is 1. The van der Waals surface area contributed by atoms with Crippen LogP contribution in [0.4, 0.5) is 0 Å². The van der Waals surface area contributed by atoms with Crippen LogP contribution in [0.3, 0.4) is 0 Å². The summed E-state index contributed by atoms with van der Waals surface area (Å²) in [6.45, 7) is 1.52. The molecule has 34 heavy (non-hydrogen) atoms. The van der Waals surface area contributed by atoms with Crippen LogP contribution < -0.4 is 5.32 Å². The molecule has 6 rings (SSSR count). The fraction of sp³-hybridized carbons (Fsp3) is 0.304. The number of nitrogens with zero attached hydrogens (tertiary/aromatic N) is 5. The fourth-order valence-corrected chi connectivity index (χ4v) is 5.69. The molecule has 1 saturated heterocycles. The third kappa shape index (κ3) is 3.39. The number of rotatable bonds is 3. The first-order valence-corrected chi connectivity index (χ1v) is 11.9. The van der Waals surface area contributed by atoms with Crippen molar-refractivity contribution < 1.29 is 19.2 Å². The number of thiophene rings is 1. The zero-order valence-corrected chi connectivity index (χ0v) is 18.9. The minimum Gasteiger partial charge on any atom is -0.332 e. The van der Waals surface area contributed by atoms with Gasteiger partial charge in [0.05, 0.1) is 18.4 Å². The highest BCUT2D eigenvalue weighted by Crippen LogP contribution is 2.29. The maximum Gasteiger partial charge on any atom is 0.276 e. The lowest BCUT2D eigenvalue weighted by molar-refractivity contribution is -0.136. The second-order valence-electron chi connectivity index (χ2n) is 8.64. The van der Waals surface area contributed by atoms with Gasteiger partial charge in [-0.3, -0.25) is 24.5 Å². The number of carbonyl (C=O) groups is 4. The Balaban J connectivity index is 1.20. The van der Waals surface area contributed by atoms with Gasteiger partial charge in [0.25, 0.3) is 11.8 Å². The Morgan fingerprint density at radius 1 is 1.09 bits per heavy atom. The molecule has 0 aliphatic carbocycles. The molecule has 5 heterocycles. The van der Waals surface area contributed by atoms with Crippen molar-refractivity contribution in [3.8, 4) is 5.69 Å². The minimum absolute atomic E-state index is 0.174. The number of amides is 4. The van der Waals surface area contributed by atoms with Crippen molar-refractivity contribution in [2.75, 3.05) is 6.54 Å². The molecular weight excluding hydrogens is 456 g/mol. The molecule has 4 amide bonds. The van der Waals surface area contributed by atoms with E-state index >= 15 is 0 Å². The van der Waals surface area contributed by atoms with E-state index in [1.165, 1.54) is 20.0 Å². The largest absolute Gasteiger partial charge is 0.332 e. The first-order chi connectivity index (χ1) is 16.5. The van der Waals surface area contributed by atoms with Crippen LogP contribution in [0.15, 0.2) is 35.8 Å². The van der Waals surface area contributed by atoms with E-state index in [0.717, 1.165) is 12.0 Å². The van der Waals surface area contributed by atoms with Crippen LogP contribution in [0.1, 0.15) is 49.7 Å². The summed E-state index contributed by atoms with van der Waals surface area (Å²) in [5.41, 5.74) is 3.42. The second-order valence-corrected chi connectivity index (χ2v) is 9.64. The lowest BCUT2D eigenvalue weighted by atomic mass is 10.0. The van der Waals surface area contributed by atoms with Crippen molar-refractivity contribution in [2.45, 2.75) is 38.4 Å². The van der Waals surface area contributed by atoms with Crippen LogP contribution in [0.25, 0.3) is 5.69 Å². The summed E-state index contributed by atoms with van der Waals surface area (Å²) in [5, 5.41) is 12.5. The molecule has 0 saturated carbocycles. The molecule has 1 aromatic carbocycles. The maximum absolute atomic E-state index is 13.1. The minimum atomic E-state index is -0.662. The Morgan fingerprint density at radius 3 is 2.82 bits per heavy atom. The van der Waals surface area contributed by atoms with E-state index in [9.17, 15) is 19.2 Å². The Morgan fingerprint density at radius 2 is 1.97 bits per heavy atom. The molecule has 1 unspecified atom stereocenters. The Labute approximate surface area is 198 Å². The number of aromatic nitrogens is 3. The number of benzene rings is 1. The van der Waals surface area contributed by atoms with Crippen LogP contribution in [-0.4, -0.2) is 61.0 Å². The van der Waals surface area contributed by atoms with Gasteiger partial charge < -0.3 is 9.80 Å². The Bertz CT molecular complexity index is 1360. The molecule has 1 atom stereocenters. The van der Waals surface area contributed by atoms with Crippen molar-refractivity contribution in [3.63, 3.8) is 0 Å². The van der Waals surface area contributed by atoms with Crippen LogP contribution >= 0.6 is 11.3 Å². The molecule has 3 aromatic rings. The van der Waals surface area contributed by atoms with E-state index in [2.05, 4.69) is 21.7 Å². The Hall–Kier alpha value is -3.86. The topological polar surface area (TPSA) is 118 Å². The molecular formula is C23H20N6O4S. The lowest BCUT2D eigenvalue weighted by Crippen LogP contribution is -2.52. The number of piperidine rings is 1. The Kier molecular flexibility index (Phi) is 4.80. The average Bonchev–Trinajstić information content (AvgIpc) is 3.57. The summed E-state index contributed by atoms with van der Waals surface area (Å²) in [5.74, 6) is -1.19. The van der Waals surface area contributed by atoms with E-state index in [0.29, 0.717) is 37.3 Å². The molecule has 0 radical (unpaired) electrons. The van der Waals surface area contributed by atoms with Gasteiger partial charge in [0.15, 0.2) is 5.69 Å². The molecule has 0 spiro atoms. The summed E-state index contributed by atoms with van der Waals surface area (Å²) in [4.78, 5) is 54.2. The maximum atomic E-state index is 13.1. The van der Waals surface area contributed by atoms with E-state index in [-0.39, 0.29) is 29.8 Å². The van der Waals surface area contributed by atoms with Gasteiger partial charge in [-0.2, -0.15) is 0 Å². The number of imide groups is 1. The van der Waals surface area contributed by atoms with Crippen molar-refractivity contribution in [1.29, 1.82) is 0 Å². The first-order valence-electron chi connectivity index (χ1n) is 11.0. The van der Waals surface area contributed by atoms with Gasteiger partial charge in [0.1, 0.15) is 6.04 Å². The third-order valence-electron chi connectivity index (χ3n) is 6.60. The van der Waals surface area contributed by atoms with Crippen molar-refractivity contribution in [3.05, 3.63) is 63.1 Å². The number of fused-ring (bicyclic) bond motifs is 2. The second kappa shape index (κ2) is 7.87. The summed E-state index contributed by atoms with van der Waals surface area (Å²) in [6.07, 6.45) is 2.93. The highest BCUT2D eigenvalue weighted by atomic mass is 32.1. The molecule has 1 fully saturated rings. The van der Waals surface area contributed by atoms with Crippen molar-refractivity contribution in [2.24, 2.45) is 0 Å². The summed E-state index contributed by atoms with van der Waals surface area (Å²) < 4.78 is 1.48. The number of carbonyl (C=O) groups excluding carboxylic acids is 4. The SMILES string of the molecule is O=C1CCC(N2Cc3ccc(-n4cc(C(=O)N5CCc6ccsc6C5)nn4)cc3C2=O)C(=O)N1. The summed E-state index contributed by atoms with van der Waals surface area (Å²) in [7, 11) is 0. The summed E-state index contributed by atoms with van der Waals surface area (Å²) >= 11 is 1.65. The van der Waals surface area contributed by atoms with Gasteiger partial charge in [0.2, 0.25) is 11.8 Å². The van der Waals surface area contributed by atoms with Gasteiger partial charge in [-0.05, 0) is 47.5 Å². The van der Waals surface area contributed by atoms with Crippen LogP contribution in [0.5, 0.6) is 0 Å². The van der Waals surface area contributed by atoms with Crippen LogP contribution in [0, 0.1) is 0 Å². The van der Waals surface area contributed by atoms with Crippen LogP contribution in [-0.2, 0) is 29.1 Å². The van der Waals surface area contributed by atoms with E-state index in [4.69, 9.17) is 0 Å². The highest BCUT2D eigenvalue weighted by Gasteiger charge is 2.39. The van der Waals surface area contributed by atoms with E-state index in [1.807, 2.05) is 17.5 Å². The molecule has 0 bridgehead atoms. The normalized spacial score (nSPS) is 19.8. The predicted octanol–water partition coefficient (Wildman–Crippen LogP) is 1.29. The van der Waals surface area contributed by atoms with E-state index < -0.39 is 11.9 Å². The molecule has 2 aromatic heterocycles. The highest BCUT2D eigenvalue weighted by molar-refractivity contribution is 7.10. The number of hydrogen-bond acceptors (Lipinski definition) is 7. The monoisotopic (exact) mass is 476 g/mol. The van der Waals surface area contributed by atoms with Gasteiger partial charge in [0, 0.05) is 30.0 Å².